The van der Waals surface area contributed by atoms with Crippen LogP contribution >= 0.6 is 0 Å². The molecular weight excluding hydrogens is 395 g/mol. The van der Waals surface area contributed by atoms with Gasteiger partial charge < -0.3 is 9.64 Å². The number of likely N-dealkylation sites (tertiary alicyclic amines) is 1. The molecule has 30 heavy (non-hydrogen) atoms. The topological polar surface area (TPSA) is 55.3 Å². The lowest BCUT2D eigenvalue weighted by molar-refractivity contribution is -0.274. The minimum Gasteiger partial charge on any atom is -0.406 e. The number of rotatable bonds is 3. The van der Waals surface area contributed by atoms with Crippen LogP contribution in [0.5, 0.6) is 5.75 Å². The van der Waals surface area contributed by atoms with Crippen LogP contribution in [0.25, 0.3) is 10.9 Å². The number of aryl methyl sites for hydroxylation is 1. The molecule has 2 aromatic carbocycles. The van der Waals surface area contributed by atoms with Crippen LogP contribution in [0.15, 0.2) is 48.8 Å². The van der Waals surface area contributed by atoms with E-state index in [1.165, 1.54) is 12.1 Å². The third-order valence-electron chi connectivity index (χ3n) is 5.33. The Morgan fingerprint density at radius 2 is 1.77 bits per heavy atom. The fourth-order valence-corrected chi connectivity index (χ4v) is 3.85. The van der Waals surface area contributed by atoms with Crippen LogP contribution in [0.4, 0.5) is 13.2 Å². The molecule has 2 heterocycles. The molecule has 3 aromatic rings. The Bertz CT molecular complexity index is 1060. The summed E-state index contributed by atoms with van der Waals surface area (Å²) < 4.78 is 40.7. The Labute approximate surface area is 171 Å². The van der Waals surface area contributed by atoms with Crippen LogP contribution in [0.1, 0.15) is 40.4 Å². The summed E-state index contributed by atoms with van der Waals surface area (Å²) in [6.07, 6.45) is -1.64. The van der Waals surface area contributed by atoms with Gasteiger partial charge in [0.25, 0.3) is 5.91 Å². The Morgan fingerprint density at radius 1 is 1.07 bits per heavy atom. The zero-order chi connectivity index (χ0) is 21.3. The van der Waals surface area contributed by atoms with Gasteiger partial charge in [-0.1, -0.05) is 11.6 Å². The molecule has 8 heteroatoms. The number of amides is 1. The molecule has 1 aliphatic rings. The largest absolute Gasteiger partial charge is 0.573 e. The van der Waals surface area contributed by atoms with Crippen LogP contribution in [-0.2, 0) is 0 Å². The molecule has 4 rings (SSSR count). The van der Waals surface area contributed by atoms with Crippen molar-refractivity contribution in [2.24, 2.45) is 0 Å². The fourth-order valence-electron chi connectivity index (χ4n) is 3.85. The van der Waals surface area contributed by atoms with Gasteiger partial charge in [0.05, 0.1) is 11.2 Å². The van der Waals surface area contributed by atoms with E-state index in [2.05, 4.69) is 20.8 Å². The number of benzene rings is 2. The highest BCUT2D eigenvalue weighted by Gasteiger charge is 2.31. The smallest absolute Gasteiger partial charge is 0.406 e. The third-order valence-corrected chi connectivity index (χ3v) is 5.33. The summed E-state index contributed by atoms with van der Waals surface area (Å²) in [5.41, 5.74) is 3.39. The van der Waals surface area contributed by atoms with E-state index in [1.807, 2.05) is 19.1 Å². The second-order valence-corrected chi connectivity index (χ2v) is 7.42. The molecule has 0 atom stereocenters. The summed E-state index contributed by atoms with van der Waals surface area (Å²) in [6, 6.07) is 11.1. The predicted octanol–water partition coefficient (Wildman–Crippen LogP) is 4.86. The average molecular weight is 415 g/mol. The van der Waals surface area contributed by atoms with Crippen molar-refractivity contribution in [1.82, 2.24) is 14.9 Å². The number of fused-ring (bicyclic) bond motifs is 1. The Balaban J connectivity index is 1.43. The van der Waals surface area contributed by atoms with Gasteiger partial charge in [-0.3, -0.25) is 4.79 Å². The number of piperidine rings is 1. The highest BCUT2D eigenvalue weighted by atomic mass is 19.4. The summed E-state index contributed by atoms with van der Waals surface area (Å²) in [7, 11) is 0. The Hall–Kier alpha value is -3.16. The fraction of sp³-hybridized carbons (Fsp3) is 0.318. The van der Waals surface area contributed by atoms with Crippen molar-refractivity contribution >= 4 is 16.8 Å². The monoisotopic (exact) mass is 415 g/mol. The lowest BCUT2D eigenvalue weighted by Crippen LogP contribution is -2.38. The molecule has 5 nitrogen and oxygen atoms in total. The van der Waals surface area contributed by atoms with Crippen LogP contribution in [0, 0.1) is 6.92 Å². The molecule has 1 aliphatic heterocycles. The van der Waals surface area contributed by atoms with Gasteiger partial charge >= 0.3 is 6.36 Å². The maximum Gasteiger partial charge on any atom is 0.573 e. The van der Waals surface area contributed by atoms with E-state index in [1.54, 1.807) is 11.2 Å². The van der Waals surface area contributed by atoms with Crippen molar-refractivity contribution in [3.05, 3.63) is 65.6 Å². The van der Waals surface area contributed by atoms with Crippen molar-refractivity contribution < 1.29 is 22.7 Å². The molecule has 1 saturated heterocycles. The van der Waals surface area contributed by atoms with Crippen LogP contribution < -0.4 is 4.74 Å². The maximum absolute atomic E-state index is 12.7. The molecule has 1 aromatic heterocycles. The van der Waals surface area contributed by atoms with Crippen molar-refractivity contribution in [1.29, 1.82) is 0 Å². The molecule has 156 valence electrons. The zero-order valence-electron chi connectivity index (χ0n) is 16.3. The number of hydrogen-bond donors (Lipinski definition) is 0. The first-order valence-corrected chi connectivity index (χ1v) is 9.66. The van der Waals surface area contributed by atoms with E-state index >= 15 is 0 Å². The van der Waals surface area contributed by atoms with Crippen molar-refractivity contribution in [3.8, 4) is 5.75 Å². The number of carbonyl (C=O) groups is 1. The number of ether oxygens (including phenoxy) is 1. The number of halogens is 3. The van der Waals surface area contributed by atoms with Gasteiger partial charge in [0.15, 0.2) is 0 Å². The van der Waals surface area contributed by atoms with E-state index < -0.39 is 6.36 Å². The lowest BCUT2D eigenvalue weighted by Gasteiger charge is -2.32. The van der Waals surface area contributed by atoms with E-state index in [4.69, 9.17) is 0 Å². The summed E-state index contributed by atoms with van der Waals surface area (Å²) in [5.74, 6) is -0.317. The third kappa shape index (κ3) is 4.37. The summed E-state index contributed by atoms with van der Waals surface area (Å²) in [6.45, 7) is 3.14. The van der Waals surface area contributed by atoms with Crippen molar-refractivity contribution in [2.75, 3.05) is 13.1 Å². The van der Waals surface area contributed by atoms with Gasteiger partial charge in [-0.2, -0.15) is 0 Å². The summed E-state index contributed by atoms with van der Waals surface area (Å²) in [5, 5.41) is 1.04. The van der Waals surface area contributed by atoms with Gasteiger partial charge in [0.2, 0.25) is 0 Å². The molecule has 0 saturated carbocycles. The van der Waals surface area contributed by atoms with Gasteiger partial charge in [-0.25, -0.2) is 9.97 Å². The molecule has 0 radical (unpaired) electrons. The molecule has 0 N–H and O–H groups in total. The van der Waals surface area contributed by atoms with Gasteiger partial charge in [0, 0.05) is 30.0 Å². The summed E-state index contributed by atoms with van der Waals surface area (Å²) >= 11 is 0. The number of aromatic nitrogens is 2. The highest BCUT2D eigenvalue weighted by molar-refractivity contribution is 5.94. The van der Waals surface area contributed by atoms with E-state index in [0.717, 1.165) is 47.1 Å². The number of nitrogens with zero attached hydrogens (tertiary/aromatic N) is 3. The molecule has 0 unspecified atom stereocenters. The molecular formula is C22H20F3N3O2. The van der Waals surface area contributed by atoms with Crippen LogP contribution in [-0.4, -0.2) is 40.2 Å². The molecule has 1 fully saturated rings. The normalized spacial score (nSPS) is 15.4. The standard InChI is InChI=1S/C22H20F3N3O2/c1-14-2-7-19-18(12-14)20(27-13-26-19)15-8-10-28(11-9-15)21(29)16-3-5-17(6-4-16)30-22(23,24)25/h2-7,12-13,15H,8-11H2,1H3. The SMILES string of the molecule is Cc1ccc2ncnc(C3CCN(C(=O)c4ccc(OC(F)(F)F)cc4)CC3)c2c1. The number of alkyl halides is 3. The second-order valence-electron chi connectivity index (χ2n) is 7.42. The first kappa shape index (κ1) is 20.1. The number of hydrogen-bond acceptors (Lipinski definition) is 4. The lowest BCUT2D eigenvalue weighted by atomic mass is 9.90. The average Bonchev–Trinajstić information content (AvgIpc) is 2.72. The van der Waals surface area contributed by atoms with Gasteiger partial charge in [-0.15, -0.1) is 13.2 Å². The molecule has 0 aliphatic carbocycles. The quantitative estimate of drug-likeness (QED) is 0.613. The van der Waals surface area contributed by atoms with E-state index in [-0.39, 0.29) is 17.6 Å². The minimum atomic E-state index is -4.75. The Kier molecular flexibility index (Phi) is 5.32. The molecule has 1 amide bonds. The zero-order valence-corrected chi connectivity index (χ0v) is 16.3. The van der Waals surface area contributed by atoms with Crippen molar-refractivity contribution in [3.63, 3.8) is 0 Å². The first-order chi connectivity index (χ1) is 14.3. The van der Waals surface area contributed by atoms with Crippen LogP contribution in [0.3, 0.4) is 0 Å². The van der Waals surface area contributed by atoms with Gasteiger partial charge in [0.1, 0.15) is 12.1 Å². The molecule has 0 spiro atoms. The predicted molar refractivity (Wildman–Crippen MR) is 105 cm³/mol. The molecule has 0 bridgehead atoms. The first-order valence-electron chi connectivity index (χ1n) is 9.66. The minimum absolute atomic E-state index is 0.199. The summed E-state index contributed by atoms with van der Waals surface area (Å²) in [4.78, 5) is 23.3. The highest BCUT2D eigenvalue weighted by Crippen LogP contribution is 2.32. The maximum atomic E-state index is 12.7. The second kappa shape index (κ2) is 7.93. The van der Waals surface area contributed by atoms with Gasteiger partial charge in [-0.05, 0) is 56.2 Å². The van der Waals surface area contributed by atoms with Crippen LogP contribution in [0.2, 0.25) is 0 Å². The van der Waals surface area contributed by atoms with Crippen molar-refractivity contribution in [2.45, 2.75) is 32.0 Å². The number of carbonyl (C=O) groups excluding carboxylic acids is 1. The van der Waals surface area contributed by atoms with E-state index in [9.17, 15) is 18.0 Å². The van der Waals surface area contributed by atoms with E-state index in [0.29, 0.717) is 18.7 Å². The Morgan fingerprint density at radius 3 is 2.43 bits per heavy atom.